The zero-order valence-electron chi connectivity index (χ0n) is 29.6. The van der Waals surface area contributed by atoms with Gasteiger partial charge in [-0.3, -0.25) is 0 Å². The van der Waals surface area contributed by atoms with Crippen molar-refractivity contribution in [3.05, 3.63) is 187 Å². The minimum absolute atomic E-state index is 0.0358. The van der Waals surface area contributed by atoms with Gasteiger partial charge in [0, 0.05) is 22.1 Å². The molecule has 0 bridgehead atoms. The van der Waals surface area contributed by atoms with Crippen LogP contribution in [0.2, 0.25) is 0 Å². The first-order valence-corrected chi connectivity index (χ1v) is 18.2. The normalized spacial score (nSPS) is 12.9. The van der Waals surface area contributed by atoms with Gasteiger partial charge in [0.25, 0.3) is 0 Å². The third-order valence-corrected chi connectivity index (χ3v) is 10.9. The Morgan fingerprint density at radius 2 is 0.811 bits per heavy atom. The summed E-state index contributed by atoms with van der Waals surface area (Å²) in [7, 11) is 0. The van der Waals surface area contributed by atoms with Gasteiger partial charge < -0.3 is 0 Å². The van der Waals surface area contributed by atoms with E-state index in [-0.39, 0.29) is 5.41 Å². The molecule has 10 rings (SSSR count). The Bertz CT molecular complexity index is 2860. The van der Waals surface area contributed by atoms with Crippen LogP contribution < -0.4 is 0 Å². The fourth-order valence-electron chi connectivity index (χ4n) is 8.15. The van der Waals surface area contributed by atoms with Crippen LogP contribution in [0.1, 0.15) is 25.0 Å². The van der Waals surface area contributed by atoms with Crippen molar-refractivity contribution in [1.82, 2.24) is 15.0 Å². The van der Waals surface area contributed by atoms with Gasteiger partial charge in [0.2, 0.25) is 0 Å². The molecule has 1 heterocycles. The van der Waals surface area contributed by atoms with E-state index in [0.29, 0.717) is 17.5 Å². The lowest BCUT2D eigenvalue weighted by molar-refractivity contribution is 0.660. The highest BCUT2D eigenvalue weighted by atomic mass is 15.0. The minimum atomic E-state index is -0.0358. The van der Waals surface area contributed by atoms with Gasteiger partial charge in [0.1, 0.15) is 0 Å². The first-order chi connectivity index (χ1) is 26.0. The highest BCUT2D eigenvalue weighted by Gasteiger charge is 2.35. The molecule has 9 aromatic rings. The molecule has 250 valence electrons. The van der Waals surface area contributed by atoms with Gasteiger partial charge >= 0.3 is 0 Å². The van der Waals surface area contributed by atoms with Crippen molar-refractivity contribution in [2.75, 3.05) is 0 Å². The number of benzene rings is 8. The third-order valence-electron chi connectivity index (χ3n) is 10.9. The average Bonchev–Trinajstić information content (AvgIpc) is 3.45. The molecular formula is C50H35N3. The molecule has 0 radical (unpaired) electrons. The minimum Gasteiger partial charge on any atom is -0.208 e. The predicted molar refractivity (Wildman–Crippen MR) is 220 cm³/mol. The van der Waals surface area contributed by atoms with E-state index in [0.717, 1.165) is 32.8 Å². The first-order valence-electron chi connectivity index (χ1n) is 18.2. The molecule has 0 atom stereocenters. The second kappa shape index (κ2) is 12.2. The number of hydrogen-bond acceptors (Lipinski definition) is 3. The molecule has 0 spiro atoms. The molecule has 0 saturated heterocycles. The van der Waals surface area contributed by atoms with Gasteiger partial charge in [-0.25, -0.2) is 15.0 Å². The van der Waals surface area contributed by atoms with Crippen molar-refractivity contribution in [3.63, 3.8) is 0 Å². The summed E-state index contributed by atoms with van der Waals surface area (Å²) in [6.07, 6.45) is 0. The van der Waals surface area contributed by atoms with Crippen molar-refractivity contribution in [3.8, 4) is 67.5 Å². The van der Waals surface area contributed by atoms with E-state index >= 15 is 0 Å². The van der Waals surface area contributed by atoms with Gasteiger partial charge in [0.15, 0.2) is 17.5 Å². The fraction of sp³-hybridized carbons (Fsp3) is 0.0600. The number of fused-ring (bicyclic) bond motifs is 5. The van der Waals surface area contributed by atoms with E-state index in [1.807, 2.05) is 18.2 Å². The zero-order valence-corrected chi connectivity index (χ0v) is 29.6. The van der Waals surface area contributed by atoms with E-state index in [9.17, 15) is 0 Å². The molecule has 8 aromatic carbocycles. The largest absolute Gasteiger partial charge is 0.208 e. The zero-order chi connectivity index (χ0) is 35.5. The molecule has 1 aliphatic rings. The molecule has 0 aliphatic heterocycles. The van der Waals surface area contributed by atoms with Crippen LogP contribution in [-0.2, 0) is 5.41 Å². The van der Waals surface area contributed by atoms with Gasteiger partial charge in [-0.05, 0) is 90.3 Å². The van der Waals surface area contributed by atoms with E-state index in [2.05, 4.69) is 172 Å². The average molecular weight is 678 g/mol. The predicted octanol–water partition coefficient (Wildman–Crippen LogP) is 12.8. The van der Waals surface area contributed by atoms with Crippen LogP contribution in [0, 0.1) is 0 Å². The van der Waals surface area contributed by atoms with Gasteiger partial charge in [-0.1, -0.05) is 166 Å². The summed E-state index contributed by atoms with van der Waals surface area (Å²) in [5.74, 6) is 1.96. The Labute approximate surface area is 309 Å². The lowest BCUT2D eigenvalue weighted by Gasteiger charge is -2.22. The van der Waals surface area contributed by atoms with Crippen LogP contribution in [0.15, 0.2) is 176 Å². The topological polar surface area (TPSA) is 38.7 Å². The maximum absolute atomic E-state index is 5.17. The second-order valence-corrected chi connectivity index (χ2v) is 14.5. The summed E-state index contributed by atoms with van der Waals surface area (Å²) in [5.41, 5.74) is 13.1. The van der Waals surface area contributed by atoms with Crippen LogP contribution in [0.5, 0.6) is 0 Å². The van der Waals surface area contributed by atoms with Crippen molar-refractivity contribution >= 4 is 21.5 Å². The fourth-order valence-corrected chi connectivity index (χ4v) is 8.15. The second-order valence-electron chi connectivity index (χ2n) is 14.5. The molecule has 0 amide bonds. The molecule has 53 heavy (non-hydrogen) atoms. The van der Waals surface area contributed by atoms with Crippen molar-refractivity contribution in [1.29, 1.82) is 0 Å². The Morgan fingerprint density at radius 1 is 0.321 bits per heavy atom. The van der Waals surface area contributed by atoms with Crippen molar-refractivity contribution in [2.24, 2.45) is 0 Å². The standard InChI is InChI=1S/C50H35N3/c1-50(2)45-20-12-11-19-42(45)43-26-25-37(31-46(43)50)35-21-22-36-30-38(24-23-34(36)29-35)48-51-47(33-15-7-4-8-16-33)52-49(53-48)44-28-27-39(32-13-5-3-6-14-32)40-17-9-10-18-41(40)44/h3-31H,1-2H3. The van der Waals surface area contributed by atoms with Gasteiger partial charge in [-0.2, -0.15) is 0 Å². The molecule has 0 saturated carbocycles. The van der Waals surface area contributed by atoms with Crippen LogP contribution in [0.3, 0.4) is 0 Å². The summed E-state index contributed by atoms with van der Waals surface area (Å²) in [6.45, 7) is 4.67. The number of hydrogen-bond donors (Lipinski definition) is 0. The molecular weight excluding hydrogens is 643 g/mol. The molecule has 0 N–H and O–H groups in total. The molecule has 0 unspecified atom stereocenters. The summed E-state index contributed by atoms with van der Waals surface area (Å²) in [5, 5.41) is 4.59. The molecule has 1 aliphatic carbocycles. The van der Waals surface area contributed by atoms with Gasteiger partial charge in [-0.15, -0.1) is 0 Å². The first kappa shape index (κ1) is 31.1. The van der Waals surface area contributed by atoms with Gasteiger partial charge in [0.05, 0.1) is 0 Å². The Kier molecular flexibility index (Phi) is 7.16. The summed E-state index contributed by atoms with van der Waals surface area (Å²) in [4.78, 5) is 15.3. The Hall–Kier alpha value is -6.71. The van der Waals surface area contributed by atoms with E-state index < -0.39 is 0 Å². The summed E-state index contributed by atoms with van der Waals surface area (Å²) in [6, 6.07) is 62.6. The van der Waals surface area contributed by atoms with Crippen LogP contribution in [-0.4, -0.2) is 15.0 Å². The molecule has 1 aromatic heterocycles. The van der Waals surface area contributed by atoms with E-state index in [4.69, 9.17) is 15.0 Å². The maximum atomic E-state index is 5.17. The van der Waals surface area contributed by atoms with E-state index in [1.54, 1.807) is 0 Å². The Morgan fingerprint density at radius 3 is 1.57 bits per heavy atom. The number of nitrogens with zero attached hydrogens (tertiary/aromatic N) is 3. The lowest BCUT2D eigenvalue weighted by atomic mass is 9.81. The molecule has 3 heteroatoms. The highest BCUT2D eigenvalue weighted by Crippen LogP contribution is 2.49. The molecule has 3 nitrogen and oxygen atoms in total. The van der Waals surface area contributed by atoms with Crippen molar-refractivity contribution in [2.45, 2.75) is 19.3 Å². The van der Waals surface area contributed by atoms with Crippen LogP contribution >= 0.6 is 0 Å². The lowest BCUT2D eigenvalue weighted by Crippen LogP contribution is -2.14. The van der Waals surface area contributed by atoms with E-state index in [1.165, 1.54) is 49.9 Å². The summed E-state index contributed by atoms with van der Waals surface area (Å²) >= 11 is 0. The highest BCUT2D eigenvalue weighted by molar-refractivity contribution is 6.04. The maximum Gasteiger partial charge on any atom is 0.164 e. The SMILES string of the molecule is CC1(C)c2ccccc2-c2ccc(-c3ccc4cc(-c5nc(-c6ccccc6)nc(-c6ccc(-c7ccccc7)c7ccccc67)n5)ccc4c3)cc21. The third kappa shape index (κ3) is 5.24. The number of aromatic nitrogens is 3. The quantitative estimate of drug-likeness (QED) is 0.182. The smallest absolute Gasteiger partial charge is 0.164 e. The van der Waals surface area contributed by atoms with Crippen LogP contribution in [0.25, 0.3) is 89.1 Å². The monoisotopic (exact) mass is 677 g/mol. The number of rotatable bonds is 5. The molecule has 0 fully saturated rings. The van der Waals surface area contributed by atoms with Crippen molar-refractivity contribution < 1.29 is 0 Å². The van der Waals surface area contributed by atoms with Crippen LogP contribution in [0.4, 0.5) is 0 Å². The Balaban J connectivity index is 1.07. The summed E-state index contributed by atoms with van der Waals surface area (Å²) < 4.78 is 0.